The van der Waals surface area contributed by atoms with Crippen molar-refractivity contribution in [3.05, 3.63) is 59.8 Å². The molecule has 0 spiro atoms. The van der Waals surface area contributed by atoms with E-state index in [0.717, 1.165) is 40.7 Å². The van der Waals surface area contributed by atoms with Crippen LogP contribution in [0.3, 0.4) is 0 Å². The minimum atomic E-state index is -0.406. The van der Waals surface area contributed by atoms with Crippen molar-refractivity contribution in [1.82, 2.24) is 4.98 Å². The van der Waals surface area contributed by atoms with Crippen LogP contribution in [0.1, 0.15) is 30.9 Å². The van der Waals surface area contributed by atoms with E-state index in [0.29, 0.717) is 6.61 Å². The second kappa shape index (κ2) is 7.32. The number of ether oxygens (including phenoxy) is 1. The van der Waals surface area contributed by atoms with Crippen LogP contribution in [-0.2, 0) is 11.4 Å². The number of aromatic nitrogens is 1. The number of amides is 1. The standard InChI is InChI=1S/C23H26N2O3/c1-15-3-5-16(6-4-15)14-28-18-7-8-20-19(9-18)21(12-24-20)25-22(27)23(2)10-17(11-23)13-26/h3-9,12,17,24,26H,10-11,13-14H2,1-2H3,(H,25,27)/t17-,23-. The molecule has 0 unspecified atom stereocenters. The molecule has 4 rings (SSSR count). The summed E-state index contributed by atoms with van der Waals surface area (Å²) in [5, 5.41) is 13.2. The first kappa shape index (κ1) is 18.6. The topological polar surface area (TPSA) is 74.3 Å². The molecule has 3 N–H and O–H groups in total. The van der Waals surface area contributed by atoms with Gasteiger partial charge in [-0.25, -0.2) is 0 Å². The van der Waals surface area contributed by atoms with Crippen LogP contribution < -0.4 is 10.1 Å². The average molecular weight is 378 g/mol. The van der Waals surface area contributed by atoms with Gasteiger partial charge in [0.05, 0.1) is 5.69 Å². The molecule has 0 saturated heterocycles. The number of fused-ring (bicyclic) bond motifs is 1. The second-order valence-corrected chi connectivity index (χ2v) is 8.16. The summed E-state index contributed by atoms with van der Waals surface area (Å²) in [7, 11) is 0. The Morgan fingerprint density at radius 1 is 1.25 bits per heavy atom. The average Bonchev–Trinajstić information content (AvgIpc) is 3.07. The molecular formula is C23H26N2O3. The third-order valence-electron chi connectivity index (χ3n) is 5.71. The van der Waals surface area contributed by atoms with Gasteiger partial charge >= 0.3 is 0 Å². The van der Waals surface area contributed by atoms with Gasteiger partial charge in [0.25, 0.3) is 0 Å². The molecule has 0 bridgehead atoms. The van der Waals surface area contributed by atoms with Crippen molar-refractivity contribution in [3.8, 4) is 5.75 Å². The Bertz CT molecular complexity index is 985. The summed E-state index contributed by atoms with van der Waals surface area (Å²) in [6.07, 6.45) is 3.27. The lowest BCUT2D eigenvalue weighted by molar-refractivity contribution is -0.133. The number of aliphatic hydroxyl groups excluding tert-OH is 1. The quantitative estimate of drug-likeness (QED) is 0.595. The number of rotatable bonds is 6. The van der Waals surface area contributed by atoms with Crippen molar-refractivity contribution >= 4 is 22.5 Å². The van der Waals surface area contributed by atoms with E-state index in [2.05, 4.69) is 41.5 Å². The van der Waals surface area contributed by atoms with E-state index < -0.39 is 5.41 Å². The van der Waals surface area contributed by atoms with E-state index in [9.17, 15) is 9.90 Å². The van der Waals surface area contributed by atoms with Gasteiger partial charge in [-0.1, -0.05) is 36.8 Å². The third-order valence-corrected chi connectivity index (χ3v) is 5.71. The third kappa shape index (κ3) is 3.62. The monoisotopic (exact) mass is 378 g/mol. The number of aromatic amines is 1. The van der Waals surface area contributed by atoms with Crippen molar-refractivity contribution in [2.75, 3.05) is 11.9 Å². The summed E-state index contributed by atoms with van der Waals surface area (Å²) in [4.78, 5) is 15.9. The molecule has 146 valence electrons. The smallest absolute Gasteiger partial charge is 0.230 e. The van der Waals surface area contributed by atoms with Crippen molar-refractivity contribution < 1.29 is 14.6 Å². The van der Waals surface area contributed by atoms with Crippen LogP contribution in [0.15, 0.2) is 48.7 Å². The van der Waals surface area contributed by atoms with E-state index in [4.69, 9.17) is 4.74 Å². The molecule has 1 heterocycles. The molecule has 28 heavy (non-hydrogen) atoms. The van der Waals surface area contributed by atoms with E-state index in [1.807, 2.05) is 31.3 Å². The first-order valence-electron chi connectivity index (χ1n) is 9.69. The Morgan fingerprint density at radius 2 is 2.00 bits per heavy atom. The second-order valence-electron chi connectivity index (χ2n) is 8.16. The maximum Gasteiger partial charge on any atom is 0.230 e. The molecule has 0 atom stereocenters. The Hall–Kier alpha value is -2.79. The fraction of sp³-hybridized carbons (Fsp3) is 0.348. The van der Waals surface area contributed by atoms with Crippen LogP contribution in [0.25, 0.3) is 10.9 Å². The number of H-pyrrole nitrogens is 1. The van der Waals surface area contributed by atoms with Crippen molar-refractivity contribution in [3.63, 3.8) is 0 Å². The highest BCUT2D eigenvalue weighted by Crippen LogP contribution is 2.46. The maximum atomic E-state index is 12.7. The molecule has 1 amide bonds. The SMILES string of the molecule is Cc1ccc(COc2ccc3[nH]cc(NC(=O)[C@]4(C)C[C@@H](CO)C4)c3c2)cc1. The molecular weight excluding hydrogens is 352 g/mol. The Morgan fingerprint density at radius 3 is 2.71 bits per heavy atom. The molecule has 5 heteroatoms. The number of aliphatic hydroxyl groups is 1. The van der Waals surface area contributed by atoms with Crippen LogP contribution >= 0.6 is 0 Å². The number of hydrogen-bond donors (Lipinski definition) is 3. The lowest BCUT2D eigenvalue weighted by Gasteiger charge is -2.42. The van der Waals surface area contributed by atoms with Gasteiger partial charge in [0.2, 0.25) is 5.91 Å². The lowest BCUT2D eigenvalue weighted by atomic mass is 9.63. The fourth-order valence-corrected chi connectivity index (χ4v) is 3.95. The Kier molecular flexibility index (Phi) is 4.85. The molecule has 0 radical (unpaired) electrons. The van der Waals surface area contributed by atoms with Gasteiger partial charge in [0.15, 0.2) is 0 Å². The van der Waals surface area contributed by atoms with Crippen LogP contribution in [-0.4, -0.2) is 22.6 Å². The highest BCUT2D eigenvalue weighted by atomic mass is 16.5. The maximum absolute atomic E-state index is 12.7. The van der Waals surface area contributed by atoms with Gasteiger partial charge in [0.1, 0.15) is 12.4 Å². The predicted molar refractivity (Wildman–Crippen MR) is 110 cm³/mol. The molecule has 1 aliphatic carbocycles. The normalized spacial score (nSPS) is 21.3. The molecule has 2 aromatic carbocycles. The minimum Gasteiger partial charge on any atom is -0.489 e. The van der Waals surface area contributed by atoms with Crippen LogP contribution in [0.2, 0.25) is 0 Å². The van der Waals surface area contributed by atoms with Crippen LogP contribution in [0.4, 0.5) is 5.69 Å². The summed E-state index contributed by atoms with van der Waals surface area (Å²) in [5.41, 5.74) is 3.64. The summed E-state index contributed by atoms with van der Waals surface area (Å²) < 4.78 is 5.94. The van der Waals surface area contributed by atoms with Gasteiger partial charge in [0, 0.05) is 29.1 Å². The molecule has 1 aliphatic rings. The number of hydrogen-bond acceptors (Lipinski definition) is 3. The highest BCUT2D eigenvalue weighted by molar-refractivity contribution is 6.04. The van der Waals surface area contributed by atoms with E-state index in [1.165, 1.54) is 5.56 Å². The molecule has 1 aromatic heterocycles. The van der Waals surface area contributed by atoms with Gasteiger partial charge in [-0.15, -0.1) is 0 Å². The molecule has 1 fully saturated rings. The van der Waals surface area contributed by atoms with Crippen LogP contribution in [0, 0.1) is 18.3 Å². The van der Waals surface area contributed by atoms with Crippen molar-refractivity contribution in [1.29, 1.82) is 0 Å². The molecule has 5 nitrogen and oxygen atoms in total. The number of carbonyl (C=O) groups is 1. The Balaban J connectivity index is 1.47. The summed E-state index contributed by atoms with van der Waals surface area (Å²) in [5.74, 6) is 1.00. The zero-order chi connectivity index (χ0) is 19.7. The highest BCUT2D eigenvalue weighted by Gasteiger charge is 2.45. The van der Waals surface area contributed by atoms with Crippen LogP contribution in [0.5, 0.6) is 5.75 Å². The van der Waals surface area contributed by atoms with Gasteiger partial charge in [-0.2, -0.15) is 0 Å². The number of nitrogens with one attached hydrogen (secondary N) is 2. The molecule has 3 aromatic rings. The number of anilines is 1. The van der Waals surface area contributed by atoms with E-state index in [-0.39, 0.29) is 18.4 Å². The van der Waals surface area contributed by atoms with Crippen molar-refractivity contribution in [2.45, 2.75) is 33.3 Å². The minimum absolute atomic E-state index is 0.00377. The molecule has 1 saturated carbocycles. The summed E-state index contributed by atoms with van der Waals surface area (Å²) in [6, 6.07) is 14.1. The predicted octanol–water partition coefficient (Wildman–Crippen LogP) is 4.40. The lowest BCUT2D eigenvalue weighted by Crippen LogP contribution is -2.45. The summed E-state index contributed by atoms with van der Waals surface area (Å²) in [6.45, 7) is 4.67. The first-order chi connectivity index (χ1) is 13.5. The number of benzene rings is 2. The fourth-order valence-electron chi connectivity index (χ4n) is 3.95. The molecule has 0 aliphatic heterocycles. The first-order valence-corrected chi connectivity index (χ1v) is 9.69. The zero-order valence-corrected chi connectivity index (χ0v) is 16.3. The van der Waals surface area contributed by atoms with Gasteiger partial charge in [-0.05, 0) is 49.4 Å². The zero-order valence-electron chi connectivity index (χ0n) is 16.3. The Labute approximate surface area is 164 Å². The number of aryl methyl sites for hydroxylation is 1. The number of carbonyl (C=O) groups excluding carboxylic acids is 1. The summed E-state index contributed by atoms with van der Waals surface area (Å²) >= 11 is 0. The van der Waals surface area contributed by atoms with E-state index in [1.54, 1.807) is 0 Å². The van der Waals surface area contributed by atoms with Gasteiger partial charge < -0.3 is 20.1 Å². The van der Waals surface area contributed by atoms with Crippen molar-refractivity contribution in [2.24, 2.45) is 11.3 Å². The van der Waals surface area contributed by atoms with E-state index >= 15 is 0 Å². The van der Waals surface area contributed by atoms with Gasteiger partial charge in [-0.3, -0.25) is 4.79 Å². The largest absolute Gasteiger partial charge is 0.489 e.